The van der Waals surface area contributed by atoms with Gasteiger partial charge in [0.15, 0.2) is 0 Å². The number of hydrogen-bond donors (Lipinski definition) is 3. The molecule has 2 unspecified atom stereocenters. The lowest BCUT2D eigenvalue weighted by molar-refractivity contribution is -0.137. The van der Waals surface area contributed by atoms with Crippen LogP contribution in [-0.2, 0) is 14.3 Å². The van der Waals surface area contributed by atoms with Gasteiger partial charge in [-0.2, -0.15) is 0 Å². The predicted octanol–water partition coefficient (Wildman–Crippen LogP) is 2.66. The van der Waals surface area contributed by atoms with Gasteiger partial charge in [0.1, 0.15) is 11.2 Å². The fourth-order valence-corrected chi connectivity index (χ4v) is 1.89. The maximum absolute atomic E-state index is 11.9. The average molecular weight is 346 g/mol. The van der Waals surface area contributed by atoms with Gasteiger partial charge in [-0.05, 0) is 48.0 Å². The summed E-state index contributed by atoms with van der Waals surface area (Å²) in [6.45, 7) is 12.1. The molecule has 8 nitrogen and oxygen atoms in total. The maximum atomic E-state index is 11.9. The normalized spacial score (nSPS) is 14.3. The third-order valence-corrected chi connectivity index (χ3v) is 2.72. The number of amides is 2. The van der Waals surface area contributed by atoms with E-state index >= 15 is 0 Å². The number of carboxylic acids is 1. The molecule has 0 bridgehead atoms. The molecule has 0 aliphatic rings. The number of ether oxygens (including phenoxy) is 2. The topological polar surface area (TPSA) is 114 Å². The first-order valence-corrected chi connectivity index (χ1v) is 7.94. The van der Waals surface area contributed by atoms with Gasteiger partial charge >= 0.3 is 18.2 Å². The molecular formula is C16H30N2O6. The summed E-state index contributed by atoms with van der Waals surface area (Å²) in [6.07, 6.45) is -1.35. The molecule has 3 N–H and O–H groups in total. The third-order valence-electron chi connectivity index (χ3n) is 2.72. The highest BCUT2D eigenvalue weighted by Crippen LogP contribution is 2.11. The summed E-state index contributed by atoms with van der Waals surface area (Å²) in [4.78, 5) is 34.9. The van der Waals surface area contributed by atoms with E-state index in [2.05, 4.69) is 10.6 Å². The molecule has 24 heavy (non-hydrogen) atoms. The SMILES string of the molecule is CCC(NC(=O)OC(C)(C)C)C(CC(=O)O)NC(=O)OC(C)(C)C. The molecule has 8 heteroatoms. The Bertz CT molecular complexity index is 450. The van der Waals surface area contributed by atoms with Crippen molar-refractivity contribution in [1.82, 2.24) is 10.6 Å². The van der Waals surface area contributed by atoms with Crippen LogP contribution in [0.3, 0.4) is 0 Å². The summed E-state index contributed by atoms with van der Waals surface area (Å²) in [5.41, 5.74) is -1.39. The van der Waals surface area contributed by atoms with E-state index in [9.17, 15) is 14.4 Å². The van der Waals surface area contributed by atoms with Gasteiger partial charge in [-0.1, -0.05) is 6.92 Å². The van der Waals surface area contributed by atoms with Crippen LogP contribution in [0.25, 0.3) is 0 Å². The van der Waals surface area contributed by atoms with E-state index in [1.54, 1.807) is 48.5 Å². The highest BCUT2D eigenvalue weighted by atomic mass is 16.6. The van der Waals surface area contributed by atoms with Gasteiger partial charge in [-0.25, -0.2) is 9.59 Å². The fraction of sp³-hybridized carbons (Fsp3) is 0.812. The minimum atomic E-state index is -1.10. The van der Waals surface area contributed by atoms with Gasteiger partial charge in [0.2, 0.25) is 0 Å². The van der Waals surface area contributed by atoms with Crippen molar-refractivity contribution in [2.24, 2.45) is 0 Å². The largest absolute Gasteiger partial charge is 0.481 e. The van der Waals surface area contributed by atoms with Crippen molar-refractivity contribution in [3.8, 4) is 0 Å². The standard InChI is InChI=1S/C16H30N2O6/c1-8-10(17-13(21)23-15(2,3)4)11(9-12(19)20)18-14(22)24-16(5,6)7/h10-11H,8-9H2,1-7H3,(H,17,21)(H,18,22)(H,19,20). The van der Waals surface area contributed by atoms with Crippen LogP contribution in [0.4, 0.5) is 9.59 Å². The summed E-state index contributed by atoms with van der Waals surface area (Å²) in [6, 6.07) is -1.43. The van der Waals surface area contributed by atoms with E-state index < -0.39 is 41.4 Å². The lowest BCUT2D eigenvalue weighted by Crippen LogP contribution is -2.53. The van der Waals surface area contributed by atoms with Gasteiger partial charge in [-0.15, -0.1) is 0 Å². The number of aliphatic carboxylic acids is 1. The molecule has 0 aliphatic heterocycles. The number of hydrogen-bond acceptors (Lipinski definition) is 5. The van der Waals surface area contributed by atoms with Crippen LogP contribution >= 0.6 is 0 Å². The van der Waals surface area contributed by atoms with Crippen molar-refractivity contribution in [3.05, 3.63) is 0 Å². The summed E-state index contributed by atoms with van der Waals surface area (Å²) in [7, 11) is 0. The monoisotopic (exact) mass is 346 g/mol. The summed E-state index contributed by atoms with van der Waals surface area (Å²) < 4.78 is 10.3. The first-order chi connectivity index (χ1) is 10.7. The highest BCUT2D eigenvalue weighted by molar-refractivity contribution is 5.73. The minimum Gasteiger partial charge on any atom is -0.481 e. The van der Waals surface area contributed by atoms with Gasteiger partial charge in [-0.3, -0.25) is 4.79 Å². The molecule has 0 saturated heterocycles. The molecule has 140 valence electrons. The number of alkyl carbamates (subject to hydrolysis) is 2. The zero-order valence-electron chi connectivity index (χ0n) is 15.6. The quantitative estimate of drug-likeness (QED) is 0.681. The number of nitrogens with one attached hydrogen (secondary N) is 2. The summed E-state index contributed by atoms with van der Waals surface area (Å²) >= 11 is 0. The molecule has 0 aromatic carbocycles. The van der Waals surface area contributed by atoms with Crippen LogP contribution in [0.2, 0.25) is 0 Å². The van der Waals surface area contributed by atoms with Crippen LogP contribution in [-0.4, -0.2) is 46.5 Å². The lowest BCUT2D eigenvalue weighted by atomic mass is 10.0. The zero-order chi connectivity index (χ0) is 19.1. The van der Waals surface area contributed by atoms with E-state index in [1.807, 2.05) is 0 Å². The average Bonchev–Trinajstić information content (AvgIpc) is 2.29. The Labute approximate surface area is 143 Å². The van der Waals surface area contributed by atoms with Crippen LogP contribution in [0, 0.1) is 0 Å². The van der Waals surface area contributed by atoms with Crippen LogP contribution in [0.15, 0.2) is 0 Å². The van der Waals surface area contributed by atoms with E-state index in [4.69, 9.17) is 14.6 Å². The van der Waals surface area contributed by atoms with E-state index in [0.717, 1.165) is 0 Å². The minimum absolute atomic E-state index is 0.354. The van der Waals surface area contributed by atoms with Gasteiger partial charge in [0.25, 0.3) is 0 Å². The van der Waals surface area contributed by atoms with E-state index in [0.29, 0.717) is 6.42 Å². The van der Waals surface area contributed by atoms with Crippen molar-refractivity contribution < 1.29 is 29.0 Å². The molecule has 0 aromatic heterocycles. The maximum Gasteiger partial charge on any atom is 0.407 e. The molecule has 0 radical (unpaired) electrons. The van der Waals surface area contributed by atoms with Crippen LogP contribution < -0.4 is 10.6 Å². The highest BCUT2D eigenvalue weighted by Gasteiger charge is 2.29. The molecule has 2 amide bonds. The predicted molar refractivity (Wildman–Crippen MR) is 88.9 cm³/mol. The fourth-order valence-electron chi connectivity index (χ4n) is 1.89. The number of carboxylic acid groups (broad SMARTS) is 1. The molecule has 0 fully saturated rings. The van der Waals surface area contributed by atoms with Crippen molar-refractivity contribution in [2.45, 2.75) is 84.6 Å². The van der Waals surface area contributed by atoms with Crippen LogP contribution in [0.5, 0.6) is 0 Å². The second-order valence-corrected chi connectivity index (χ2v) is 7.51. The number of carbonyl (C=O) groups is 3. The van der Waals surface area contributed by atoms with E-state index in [-0.39, 0.29) is 6.42 Å². The van der Waals surface area contributed by atoms with Gasteiger partial charge < -0.3 is 25.2 Å². The lowest BCUT2D eigenvalue weighted by Gasteiger charge is -2.29. The van der Waals surface area contributed by atoms with E-state index in [1.165, 1.54) is 0 Å². The van der Waals surface area contributed by atoms with Crippen molar-refractivity contribution in [2.75, 3.05) is 0 Å². The molecule has 0 saturated carbocycles. The summed E-state index contributed by atoms with van der Waals surface area (Å²) in [5.74, 6) is -1.10. The van der Waals surface area contributed by atoms with Crippen LogP contribution in [0.1, 0.15) is 61.3 Å². The van der Waals surface area contributed by atoms with Gasteiger partial charge in [0, 0.05) is 0 Å². The van der Waals surface area contributed by atoms with Crippen molar-refractivity contribution in [1.29, 1.82) is 0 Å². The first kappa shape index (κ1) is 22.0. The van der Waals surface area contributed by atoms with Crippen molar-refractivity contribution >= 4 is 18.2 Å². The molecule has 0 aromatic rings. The Balaban J connectivity index is 5.00. The molecular weight excluding hydrogens is 316 g/mol. The Kier molecular flexibility index (Phi) is 8.02. The Hall–Kier alpha value is -1.99. The number of carbonyl (C=O) groups excluding carboxylic acids is 2. The Morgan fingerprint density at radius 3 is 1.54 bits per heavy atom. The molecule has 0 spiro atoms. The first-order valence-electron chi connectivity index (χ1n) is 7.94. The van der Waals surface area contributed by atoms with Gasteiger partial charge in [0.05, 0.1) is 18.5 Å². The second kappa shape index (κ2) is 8.75. The Morgan fingerprint density at radius 1 is 0.875 bits per heavy atom. The molecule has 0 aliphatic carbocycles. The molecule has 0 rings (SSSR count). The number of rotatable bonds is 6. The second-order valence-electron chi connectivity index (χ2n) is 7.51. The smallest absolute Gasteiger partial charge is 0.407 e. The van der Waals surface area contributed by atoms with Crippen molar-refractivity contribution in [3.63, 3.8) is 0 Å². The molecule has 0 heterocycles. The molecule has 2 atom stereocenters. The zero-order valence-corrected chi connectivity index (χ0v) is 15.6. The summed E-state index contributed by atoms with van der Waals surface area (Å²) in [5, 5.41) is 14.2. The third kappa shape index (κ3) is 10.7. The Morgan fingerprint density at radius 2 is 1.25 bits per heavy atom.